The number of nitrogens with zero attached hydrogens (tertiary/aromatic N) is 1. The Morgan fingerprint density at radius 2 is 2.00 bits per heavy atom. The quantitative estimate of drug-likeness (QED) is 0.605. The summed E-state index contributed by atoms with van der Waals surface area (Å²) in [5, 5.41) is 14.1. The zero-order chi connectivity index (χ0) is 21.1. The zero-order valence-corrected chi connectivity index (χ0v) is 18.6. The van der Waals surface area contributed by atoms with Crippen molar-refractivity contribution in [3.63, 3.8) is 0 Å². The molecule has 1 aromatic carbocycles. The molecule has 0 radical (unpaired) electrons. The number of hydrogen-bond acceptors (Lipinski definition) is 5. The van der Waals surface area contributed by atoms with Gasteiger partial charge in [0.25, 0.3) is 0 Å². The van der Waals surface area contributed by atoms with Crippen LogP contribution >= 0.6 is 9.24 Å². The normalized spacial score (nSPS) is 17.3. The summed E-state index contributed by atoms with van der Waals surface area (Å²) >= 11 is 0. The minimum Gasteiger partial charge on any atom is -0.462 e. The van der Waals surface area contributed by atoms with E-state index in [2.05, 4.69) is 20.6 Å². The number of rotatable bonds is 5. The average Bonchev–Trinajstić information content (AvgIpc) is 2.59. The van der Waals surface area contributed by atoms with Crippen LogP contribution in [0.15, 0.2) is 40.7 Å². The van der Waals surface area contributed by atoms with Crippen LogP contribution in [0.3, 0.4) is 0 Å². The smallest absolute Gasteiger partial charge is 0.336 e. The van der Waals surface area contributed by atoms with Crippen LogP contribution < -0.4 is 10.6 Å². The van der Waals surface area contributed by atoms with Gasteiger partial charge in [0.15, 0.2) is 0 Å². The first-order valence-corrected chi connectivity index (χ1v) is 9.79. The van der Waals surface area contributed by atoms with Crippen molar-refractivity contribution in [3.05, 3.63) is 51.9 Å². The van der Waals surface area contributed by atoms with Gasteiger partial charge in [-0.15, -0.1) is 9.24 Å². The van der Waals surface area contributed by atoms with Crippen molar-refractivity contribution in [1.29, 1.82) is 5.26 Å². The summed E-state index contributed by atoms with van der Waals surface area (Å²) in [6.07, 6.45) is 0. The number of carbonyl (C=O) groups is 1. The molecule has 6 heteroatoms. The number of nitriles is 1. The summed E-state index contributed by atoms with van der Waals surface area (Å²) in [5.41, 5.74) is 4.09. The number of methoxy groups -OCH3 is 1. The molecule has 0 spiro atoms. The lowest BCUT2D eigenvalue weighted by atomic mass is 9.79. The van der Waals surface area contributed by atoms with Gasteiger partial charge in [-0.2, -0.15) is 5.26 Å². The Kier molecular flexibility index (Phi) is 7.04. The summed E-state index contributed by atoms with van der Waals surface area (Å²) in [5.74, 6) is -0.913. The van der Waals surface area contributed by atoms with Crippen molar-refractivity contribution in [2.75, 3.05) is 20.3 Å². The molecular formula is C22H29N2O3P. The van der Waals surface area contributed by atoms with Crippen LogP contribution in [0, 0.1) is 23.7 Å². The standard InChI is InChI=1S/C22H29N2O3P/c1-13-9-15(28)7-8-16(13)19-17(10-23)14(2)24-18(11-26-6)20(19)21(25)27-12-22(3,4)5/h7-9,19,24H,11-12,28H2,1-6H3. The van der Waals surface area contributed by atoms with Crippen molar-refractivity contribution in [3.8, 4) is 6.07 Å². The van der Waals surface area contributed by atoms with Crippen molar-refractivity contribution < 1.29 is 14.3 Å². The Labute approximate surface area is 170 Å². The number of carbonyl (C=O) groups excluding carboxylic acids is 1. The van der Waals surface area contributed by atoms with E-state index in [0.29, 0.717) is 16.8 Å². The van der Waals surface area contributed by atoms with Gasteiger partial charge in [0.2, 0.25) is 0 Å². The second kappa shape index (κ2) is 8.90. The fourth-order valence-electron chi connectivity index (χ4n) is 3.24. The van der Waals surface area contributed by atoms with Gasteiger partial charge in [0.05, 0.1) is 42.0 Å². The Balaban J connectivity index is 2.62. The lowest BCUT2D eigenvalue weighted by Crippen LogP contribution is -2.33. The molecule has 2 rings (SSSR count). The highest BCUT2D eigenvalue weighted by atomic mass is 31.0. The first-order valence-electron chi connectivity index (χ1n) is 9.22. The van der Waals surface area contributed by atoms with Crippen molar-refractivity contribution >= 4 is 20.5 Å². The fourth-order valence-corrected chi connectivity index (χ4v) is 3.58. The van der Waals surface area contributed by atoms with Crippen LogP contribution in [-0.4, -0.2) is 26.3 Å². The molecule has 0 aliphatic carbocycles. The van der Waals surface area contributed by atoms with E-state index < -0.39 is 11.9 Å². The second-order valence-electron chi connectivity index (χ2n) is 8.29. The number of esters is 1. The van der Waals surface area contributed by atoms with Gasteiger partial charge >= 0.3 is 5.97 Å². The second-order valence-corrected chi connectivity index (χ2v) is 8.95. The maximum absolute atomic E-state index is 13.1. The van der Waals surface area contributed by atoms with Gasteiger partial charge in [-0.25, -0.2) is 4.79 Å². The molecule has 1 aliphatic heterocycles. The molecule has 1 aliphatic rings. The highest BCUT2D eigenvalue weighted by Crippen LogP contribution is 2.39. The topological polar surface area (TPSA) is 71.3 Å². The van der Waals surface area contributed by atoms with Gasteiger partial charge in [0, 0.05) is 12.8 Å². The molecule has 0 bridgehead atoms. The van der Waals surface area contributed by atoms with E-state index in [4.69, 9.17) is 9.47 Å². The maximum Gasteiger partial charge on any atom is 0.336 e. The van der Waals surface area contributed by atoms with E-state index in [1.54, 1.807) is 7.11 Å². The van der Waals surface area contributed by atoms with E-state index in [1.807, 2.05) is 52.8 Å². The largest absolute Gasteiger partial charge is 0.462 e. The van der Waals surface area contributed by atoms with Crippen LogP contribution in [0.2, 0.25) is 0 Å². The summed E-state index contributed by atoms with van der Waals surface area (Å²) in [6.45, 7) is 10.4. The summed E-state index contributed by atoms with van der Waals surface area (Å²) in [4.78, 5) is 13.1. The lowest BCUT2D eigenvalue weighted by Gasteiger charge is -2.31. The maximum atomic E-state index is 13.1. The highest BCUT2D eigenvalue weighted by molar-refractivity contribution is 7.27. The Bertz CT molecular complexity index is 873. The number of aryl methyl sites for hydroxylation is 1. The van der Waals surface area contributed by atoms with Gasteiger partial charge < -0.3 is 14.8 Å². The number of dihydropyridines is 1. The van der Waals surface area contributed by atoms with E-state index in [1.165, 1.54) is 0 Å². The summed E-state index contributed by atoms with van der Waals surface area (Å²) < 4.78 is 11.0. The number of benzene rings is 1. The van der Waals surface area contributed by atoms with E-state index >= 15 is 0 Å². The van der Waals surface area contributed by atoms with Crippen molar-refractivity contribution in [2.45, 2.75) is 40.5 Å². The van der Waals surface area contributed by atoms with Gasteiger partial charge in [-0.3, -0.25) is 0 Å². The first kappa shape index (κ1) is 22.1. The number of ether oxygens (including phenoxy) is 2. The first-order chi connectivity index (χ1) is 13.1. The van der Waals surface area contributed by atoms with Crippen LogP contribution in [0.5, 0.6) is 0 Å². The molecule has 0 saturated heterocycles. The molecule has 0 saturated carbocycles. The highest BCUT2D eigenvalue weighted by Gasteiger charge is 2.36. The lowest BCUT2D eigenvalue weighted by molar-refractivity contribution is -0.142. The molecule has 0 aromatic heterocycles. The van der Waals surface area contributed by atoms with Crippen LogP contribution in [0.4, 0.5) is 0 Å². The summed E-state index contributed by atoms with van der Waals surface area (Å²) in [6, 6.07) is 8.26. The molecule has 0 fully saturated rings. The summed E-state index contributed by atoms with van der Waals surface area (Å²) in [7, 11) is 4.25. The van der Waals surface area contributed by atoms with E-state index in [-0.39, 0.29) is 18.6 Å². The minimum atomic E-state index is -0.491. The minimum absolute atomic E-state index is 0.157. The molecule has 0 amide bonds. The number of hydrogen-bond donors (Lipinski definition) is 1. The van der Waals surface area contributed by atoms with Crippen molar-refractivity contribution in [2.24, 2.45) is 5.41 Å². The third kappa shape index (κ3) is 5.01. The van der Waals surface area contributed by atoms with Gasteiger partial charge in [-0.1, -0.05) is 39.0 Å². The molecule has 150 valence electrons. The predicted molar refractivity (Wildman–Crippen MR) is 114 cm³/mol. The molecule has 2 atom stereocenters. The third-order valence-electron chi connectivity index (χ3n) is 4.52. The monoisotopic (exact) mass is 400 g/mol. The zero-order valence-electron chi connectivity index (χ0n) is 17.5. The Hall–Kier alpha value is -2.15. The van der Waals surface area contributed by atoms with Crippen LogP contribution in [0.1, 0.15) is 44.7 Å². The number of allylic oxidation sites excluding steroid dienone is 2. The molecule has 1 aromatic rings. The Morgan fingerprint density at radius 3 is 2.54 bits per heavy atom. The predicted octanol–water partition coefficient (Wildman–Crippen LogP) is 3.47. The molecular weight excluding hydrogens is 371 g/mol. The van der Waals surface area contributed by atoms with Crippen molar-refractivity contribution in [1.82, 2.24) is 5.32 Å². The molecule has 1 N–H and O–H groups in total. The molecule has 28 heavy (non-hydrogen) atoms. The van der Waals surface area contributed by atoms with E-state index in [9.17, 15) is 10.1 Å². The fraction of sp³-hybridized carbons (Fsp3) is 0.455. The Morgan fingerprint density at radius 1 is 1.32 bits per heavy atom. The molecule has 1 heterocycles. The van der Waals surface area contributed by atoms with Crippen LogP contribution in [-0.2, 0) is 14.3 Å². The average molecular weight is 400 g/mol. The van der Waals surface area contributed by atoms with Gasteiger partial charge in [0.1, 0.15) is 0 Å². The third-order valence-corrected chi connectivity index (χ3v) is 4.87. The van der Waals surface area contributed by atoms with Gasteiger partial charge in [-0.05, 0) is 35.7 Å². The van der Waals surface area contributed by atoms with E-state index in [0.717, 1.165) is 22.1 Å². The number of nitrogens with one attached hydrogen (secondary N) is 1. The SMILES string of the molecule is COCC1=C(C(=O)OCC(C)(C)C)C(c2ccc(P)cc2C)C(C#N)=C(C)N1. The van der Waals surface area contributed by atoms with Crippen LogP contribution in [0.25, 0.3) is 0 Å². The molecule has 5 nitrogen and oxygen atoms in total. The molecule has 2 unspecified atom stereocenters.